The van der Waals surface area contributed by atoms with Gasteiger partial charge in [0.25, 0.3) is 0 Å². The maximum absolute atomic E-state index is 11.2. The van der Waals surface area contributed by atoms with Crippen LogP contribution in [0.3, 0.4) is 0 Å². The summed E-state index contributed by atoms with van der Waals surface area (Å²) in [6.07, 6.45) is 1.47. The molecule has 2 rings (SSSR count). The Morgan fingerprint density at radius 3 is 2.65 bits per heavy atom. The summed E-state index contributed by atoms with van der Waals surface area (Å²) in [5.74, 6) is 0.173. The summed E-state index contributed by atoms with van der Waals surface area (Å²) in [6, 6.07) is 11.2. The second-order valence-electron chi connectivity index (χ2n) is 4.93. The van der Waals surface area contributed by atoms with E-state index in [1.807, 2.05) is 30.3 Å². The molecule has 0 saturated heterocycles. The van der Waals surface area contributed by atoms with E-state index in [4.69, 9.17) is 9.47 Å². The van der Waals surface area contributed by atoms with Crippen molar-refractivity contribution in [2.45, 2.75) is 13.5 Å². The van der Waals surface area contributed by atoms with Gasteiger partial charge in [0.1, 0.15) is 12.3 Å². The van der Waals surface area contributed by atoms with Crippen LogP contribution in [0.2, 0.25) is 0 Å². The first kappa shape index (κ1) is 16.6. The van der Waals surface area contributed by atoms with Gasteiger partial charge in [-0.2, -0.15) is 0 Å². The Labute approximate surface area is 134 Å². The van der Waals surface area contributed by atoms with E-state index < -0.39 is 4.92 Å². The fourth-order valence-corrected chi connectivity index (χ4v) is 2.02. The first-order chi connectivity index (χ1) is 11.1. The van der Waals surface area contributed by atoms with Crippen LogP contribution in [0.25, 0.3) is 5.57 Å². The third kappa shape index (κ3) is 4.62. The summed E-state index contributed by atoms with van der Waals surface area (Å²) in [5, 5.41) is 11.2. The van der Waals surface area contributed by atoms with Crippen LogP contribution >= 0.6 is 0 Å². The van der Waals surface area contributed by atoms with E-state index in [9.17, 15) is 10.1 Å². The molecule has 0 atom stereocenters. The molecule has 0 unspecified atom stereocenters. The quantitative estimate of drug-likeness (QED) is 0.422. The Kier molecular flexibility index (Phi) is 5.82. The molecule has 0 radical (unpaired) electrons. The van der Waals surface area contributed by atoms with Crippen molar-refractivity contribution in [2.75, 3.05) is 13.2 Å². The number of nitrogens with zero attached hydrogens (tertiary/aromatic N) is 2. The molecule has 6 heteroatoms. The summed E-state index contributed by atoms with van der Waals surface area (Å²) in [7, 11) is 0. The molecule has 0 bridgehead atoms. The van der Waals surface area contributed by atoms with Crippen LogP contribution in [0.15, 0.2) is 49.2 Å². The molecular formula is C17H18N2O4. The van der Waals surface area contributed by atoms with Crippen molar-refractivity contribution in [3.8, 4) is 5.75 Å². The zero-order chi connectivity index (χ0) is 16.7. The lowest BCUT2D eigenvalue weighted by atomic mass is 10.2. The van der Waals surface area contributed by atoms with Crippen molar-refractivity contribution in [1.82, 2.24) is 4.98 Å². The molecule has 0 saturated carbocycles. The van der Waals surface area contributed by atoms with Crippen molar-refractivity contribution < 1.29 is 14.4 Å². The summed E-state index contributed by atoms with van der Waals surface area (Å²) in [4.78, 5) is 14.7. The minimum absolute atomic E-state index is 0.164. The SMILES string of the molecule is C=C(C)c1nccc(OCCOCc2ccccc2)c1[N+](=O)[O-]. The van der Waals surface area contributed by atoms with Gasteiger partial charge in [0.15, 0.2) is 0 Å². The molecule has 23 heavy (non-hydrogen) atoms. The monoisotopic (exact) mass is 314 g/mol. The Morgan fingerprint density at radius 1 is 1.26 bits per heavy atom. The number of benzene rings is 1. The van der Waals surface area contributed by atoms with Gasteiger partial charge in [-0.05, 0) is 18.1 Å². The van der Waals surface area contributed by atoms with E-state index in [1.165, 1.54) is 12.3 Å². The van der Waals surface area contributed by atoms with E-state index >= 15 is 0 Å². The number of rotatable bonds is 8. The third-order valence-corrected chi connectivity index (χ3v) is 3.07. The van der Waals surface area contributed by atoms with Gasteiger partial charge >= 0.3 is 5.69 Å². The number of allylic oxidation sites excluding steroid dienone is 1. The zero-order valence-electron chi connectivity index (χ0n) is 12.9. The smallest absolute Gasteiger partial charge is 0.336 e. The van der Waals surface area contributed by atoms with E-state index in [0.29, 0.717) is 18.8 Å². The first-order valence-corrected chi connectivity index (χ1v) is 7.13. The molecule has 0 spiro atoms. The average Bonchev–Trinajstić information content (AvgIpc) is 2.55. The maximum Gasteiger partial charge on any atom is 0.336 e. The minimum atomic E-state index is -0.503. The lowest BCUT2D eigenvalue weighted by molar-refractivity contribution is -0.386. The molecular weight excluding hydrogens is 296 g/mol. The third-order valence-electron chi connectivity index (χ3n) is 3.07. The highest BCUT2D eigenvalue weighted by Gasteiger charge is 2.22. The van der Waals surface area contributed by atoms with Crippen molar-refractivity contribution in [2.24, 2.45) is 0 Å². The number of aromatic nitrogens is 1. The van der Waals surface area contributed by atoms with Gasteiger partial charge in [0.2, 0.25) is 5.75 Å². The number of hydrogen-bond donors (Lipinski definition) is 0. The van der Waals surface area contributed by atoms with E-state index in [0.717, 1.165) is 5.56 Å². The summed E-state index contributed by atoms with van der Waals surface area (Å²) in [5.41, 5.74) is 1.65. The van der Waals surface area contributed by atoms with Crippen LogP contribution in [0.1, 0.15) is 18.2 Å². The molecule has 0 aliphatic heterocycles. The van der Waals surface area contributed by atoms with Crippen LogP contribution in [-0.4, -0.2) is 23.1 Å². The Balaban J connectivity index is 1.92. The second-order valence-corrected chi connectivity index (χ2v) is 4.93. The predicted molar refractivity (Wildman–Crippen MR) is 87.2 cm³/mol. The summed E-state index contributed by atoms with van der Waals surface area (Å²) >= 11 is 0. The number of pyridine rings is 1. The number of ether oxygens (including phenoxy) is 2. The standard InChI is InChI=1S/C17H18N2O4/c1-13(2)16-17(19(20)21)15(8-9-18-16)23-11-10-22-12-14-6-4-3-5-7-14/h3-9H,1,10-12H2,2H3. The largest absolute Gasteiger partial charge is 0.484 e. The predicted octanol–water partition coefficient (Wildman–Crippen LogP) is 3.62. The zero-order valence-corrected chi connectivity index (χ0v) is 12.9. The van der Waals surface area contributed by atoms with Crippen molar-refractivity contribution in [3.63, 3.8) is 0 Å². The molecule has 1 aromatic heterocycles. The second kappa shape index (κ2) is 8.05. The van der Waals surface area contributed by atoms with Crippen molar-refractivity contribution in [3.05, 3.63) is 70.5 Å². The lowest BCUT2D eigenvalue weighted by Gasteiger charge is -2.09. The highest BCUT2D eigenvalue weighted by molar-refractivity contribution is 5.70. The van der Waals surface area contributed by atoms with Crippen LogP contribution in [0, 0.1) is 10.1 Å². The fraction of sp³-hybridized carbons (Fsp3) is 0.235. The van der Waals surface area contributed by atoms with Crippen molar-refractivity contribution >= 4 is 11.3 Å². The van der Waals surface area contributed by atoms with Gasteiger partial charge in [-0.3, -0.25) is 10.1 Å². The van der Waals surface area contributed by atoms with Gasteiger partial charge in [-0.15, -0.1) is 0 Å². The molecule has 0 fully saturated rings. The minimum Gasteiger partial charge on any atom is -0.484 e. The average molecular weight is 314 g/mol. The Hall–Kier alpha value is -2.73. The molecule has 2 aromatic rings. The topological polar surface area (TPSA) is 74.5 Å². The van der Waals surface area contributed by atoms with E-state index in [-0.39, 0.29) is 23.7 Å². The van der Waals surface area contributed by atoms with E-state index in [2.05, 4.69) is 11.6 Å². The van der Waals surface area contributed by atoms with Crippen LogP contribution in [0.5, 0.6) is 5.75 Å². The molecule has 120 valence electrons. The summed E-state index contributed by atoms with van der Waals surface area (Å²) < 4.78 is 11.0. The van der Waals surface area contributed by atoms with Crippen LogP contribution in [-0.2, 0) is 11.3 Å². The van der Waals surface area contributed by atoms with E-state index in [1.54, 1.807) is 6.92 Å². The highest BCUT2D eigenvalue weighted by Crippen LogP contribution is 2.32. The molecule has 6 nitrogen and oxygen atoms in total. The van der Waals surface area contributed by atoms with Gasteiger partial charge in [0.05, 0.1) is 18.1 Å². The fourth-order valence-electron chi connectivity index (χ4n) is 2.02. The van der Waals surface area contributed by atoms with Gasteiger partial charge in [-0.25, -0.2) is 4.98 Å². The van der Waals surface area contributed by atoms with Gasteiger partial charge in [0, 0.05) is 12.3 Å². The molecule has 1 aromatic carbocycles. The molecule has 0 N–H and O–H groups in total. The lowest BCUT2D eigenvalue weighted by Crippen LogP contribution is -2.09. The van der Waals surface area contributed by atoms with Crippen LogP contribution in [0.4, 0.5) is 5.69 Å². The number of hydrogen-bond acceptors (Lipinski definition) is 5. The van der Waals surface area contributed by atoms with Crippen molar-refractivity contribution in [1.29, 1.82) is 0 Å². The molecule has 1 heterocycles. The molecule has 0 aliphatic rings. The number of nitro groups is 1. The summed E-state index contributed by atoms with van der Waals surface area (Å²) in [6.45, 7) is 6.39. The van der Waals surface area contributed by atoms with Gasteiger partial charge < -0.3 is 9.47 Å². The molecule has 0 aliphatic carbocycles. The van der Waals surface area contributed by atoms with Crippen LogP contribution < -0.4 is 4.74 Å². The first-order valence-electron chi connectivity index (χ1n) is 7.13. The van der Waals surface area contributed by atoms with Gasteiger partial charge in [-0.1, -0.05) is 36.9 Å². The normalized spacial score (nSPS) is 10.3. The Bertz CT molecular complexity index is 686. The molecule has 0 amide bonds. The maximum atomic E-state index is 11.2. The Morgan fingerprint density at radius 2 is 2.00 bits per heavy atom. The highest BCUT2D eigenvalue weighted by atomic mass is 16.6.